The molecule has 2 heteroatoms. The molecule has 0 radical (unpaired) electrons. The molecule has 62 valence electrons. The van der Waals surface area contributed by atoms with E-state index in [1.165, 1.54) is 6.21 Å². The third kappa shape index (κ3) is 2.68. The average molecular weight is 152 g/mol. The van der Waals surface area contributed by atoms with Crippen LogP contribution >= 0.6 is 0 Å². The van der Waals surface area contributed by atoms with E-state index in [9.17, 15) is 0 Å². The maximum atomic E-state index is 7.09. The summed E-state index contributed by atoms with van der Waals surface area (Å²) in [6.07, 6.45) is 4.96. The van der Waals surface area contributed by atoms with Crippen molar-refractivity contribution in [3.05, 3.63) is 25.3 Å². The highest BCUT2D eigenvalue weighted by Crippen LogP contribution is 2.01. The maximum Gasteiger partial charge on any atom is 0.0628 e. The molecule has 2 unspecified atom stereocenters. The topological polar surface area (TPSA) is 27.1 Å². The Labute approximate surface area is 68.7 Å². The van der Waals surface area contributed by atoms with Crippen LogP contribution in [0.1, 0.15) is 6.92 Å². The largest absolute Gasteiger partial charge is 0.311 e. The van der Waals surface area contributed by atoms with E-state index in [-0.39, 0.29) is 12.1 Å². The van der Waals surface area contributed by atoms with Gasteiger partial charge in [-0.05, 0) is 14.0 Å². The van der Waals surface area contributed by atoms with Crippen LogP contribution in [-0.4, -0.2) is 30.2 Å². The van der Waals surface area contributed by atoms with Crippen LogP contribution in [0.3, 0.4) is 0 Å². The summed E-state index contributed by atoms with van der Waals surface area (Å²) in [5.74, 6) is 0. The molecule has 0 saturated heterocycles. The minimum absolute atomic E-state index is 0.0167. The van der Waals surface area contributed by atoms with Gasteiger partial charge in [0.2, 0.25) is 0 Å². The second-order valence-corrected chi connectivity index (χ2v) is 2.53. The van der Waals surface area contributed by atoms with E-state index in [4.69, 9.17) is 5.41 Å². The summed E-state index contributed by atoms with van der Waals surface area (Å²) >= 11 is 0. The first-order valence-corrected chi connectivity index (χ1v) is 3.65. The van der Waals surface area contributed by atoms with Crippen LogP contribution in [0.2, 0.25) is 0 Å². The van der Waals surface area contributed by atoms with Crippen molar-refractivity contribution in [1.82, 2.24) is 4.90 Å². The molecule has 0 rings (SSSR count). The molecular weight excluding hydrogens is 136 g/mol. The van der Waals surface area contributed by atoms with Crippen molar-refractivity contribution in [1.29, 1.82) is 5.41 Å². The van der Waals surface area contributed by atoms with Crippen LogP contribution in [0.15, 0.2) is 25.3 Å². The van der Waals surface area contributed by atoms with Crippen LogP contribution in [0.5, 0.6) is 0 Å². The first-order chi connectivity index (χ1) is 5.17. The predicted molar refractivity (Wildman–Crippen MR) is 50.2 cm³/mol. The molecule has 0 aromatic carbocycles. The summed E-state index contributed by atoms with van der Waals surface area (Å²) in [5.41, 5.74) is 0. The molecule has 0 fully saturated rings. The fourth-order valence-electron chi connectivity index (χ4n) is 0.790. The number of hydrogen-bond donors (Lipinski definition) is 1. The number of hydrogen-bond acceptors (Lipinski definition) is 2. The first kappa shape index (κ1) is 10.1. The summed E-state index contributed by atoms with van der Waals surface area (Å²) in [4.78, 5) is 2.02. The monoisotopic (exact) mass is 152 g/mol. The molecule has 0 saturated carbocycles. The molecule has 0 aliphatic heterocycles. The standard InChI is InChI=1S/C9H16N2/c1-5-8(3)11(4)9(6-2)7-10/h5-10H,1-2H2,3-4H3. The van der Waals surface area contributed by atoms with Crippen LogP contribution in [-0.2, 0) is 0 Å². The number of nitrogens with one attached hydrogen (secondary N) is 1. The fraction of sp³-hybridized carbons (Fsp3) is 0.444. The zero-order valence-corrected chi connectivity index (χ0v) is 7.25. The zero-order chi connectivity index (χ0) is 8.85. The van der Waals surface area contributed by atoms with E-state index >= 15 is 0 Å². The van der Waals surface area contributed by atoms with E-state index in [2.05, 4.69) is 13.2 Å². The van der Waals surface area contributed by atoms with Crippen molar-refractivity contribution < 1.29 is 0 Å². The Morgan fingerprint density at radius 2 is 1.91 bits per heavy atom. The quantitative estimate of drug-likeness (QED) is 0.471. The van der Waals surface area contributed by atoms with E-state index in [1.807, 2.05) is 24.9 Å². The summed E-state index contributed by atoms with van der Waals surface area (Å²) in [5, 5.41) is 7.09. The lowest BCUT2D eigenvalue weighted by atomic mass is 10.2. The van der Waals surface area contributed by atoms with Gasteiger partial charge in [0.25, 0.3) is 0 Å². The zero-order valence-electron chi connectivity index (χ0n) is 7.25. The Kier molecular flexibility index (Phi) is 4.46. The predicted octanol–water partition coefficient (Wildman–Crippen LogP) is 1.70. The Morgan fingerprint density at radius 3 is 2.18 bits per heavy atom. The Morgan fingerprint density at radius 1 is 1.36 bits per heavy atom. The van der Waals surface area contributed by atoms with E-state index < -0.39 is 0 Å². The number of likely N-dealkylation sites (N-methyl/N-ethyl adjacent to an activating group) is 1. The molecule has 1 N–H and O–H groups in total. The molecule has 0 aromatic heterocycles. The van der Waals surface area contributed by atoms with E-state index in [0.29, 0.717) is 0 Å². The van der Waals surface area contributed by atoms with Crippen LogP contribution in [0, 0.1) is 5.41 Å². The Hall–Kier alpha value is -0.890. The second-order valence-electron chi connectivity index (χ2n) is 2.53. The Bertz CT molecular complexity index is 144. The van der Waals surface area contributed by atoms with Gasteiger partial charge in [-0.3, -0.25) is 4.90 Å². The molecule has 2 nitrogen and oxygen atoms in total. The molecule has 0 aliphatic carbocycles. The highest BCUT2D eigenvalue weighted by atomic mass is 15.1. The lowest BCUT2D eigenvalue weighted by Crippen LogP contribution is -2.36. The van der Waals surface area contributed by atoms with Gasteiger partial charge in [-0.1, -0.05) is 12.2 Å². The van der Waals surface area contributed by atoms with Crippen molar-refractivity contribution in [2.24, 2.45) is 0 Å². The normalized spacial score (nSPS) is 15.5. The van der Waals surface area contributed by atoms with Gasteiger partial charge in [-0.15, -0.1) is 13.2 Å². The Balaban J connectivity index is 4.17. The van der Waals surface area contributed by atoms with Crippen LogP contribution in [0.4, 0.5) is 0 Å². The summed E-state index contributed by atoms with van der Waals surface area (Å²) in [7, 11) is 1.95. The third-order valence-corrected chi connectivity index (χ3v) is 1.87. The maximum absolute atomic E-state index is 7.09. The summed E-state index contributed by atoms with van der Waals surface area (Å²) in [6, 6.07) is 0.294. The van der Waals surface area contributed by atoms with Crippen molar-refractivity contribution in [2.75, 3.05) is 7.05 Å². The summed E-state index contributed by atoms with van der Waals surface area (Å²) < 4.78 is 0. The van der Waals surface area contributed by atoms with Crippen molar-refractivity contribution >= 4 is 6.21 Å². The molecule has 0 bridgehead atoms. The number of rotatable bonds is 5. The minimum atomic E-state index is 0.0167. The van der Waals surface area contributed by atoms with Crippen LogP contribution in [0.25, 0.3) is 0 Å². The van der Waals surface area contributed by atoms with Gasteiger partial charge >= 0.3 is 0 Å². The molecular formula is C9H16N2. The highest BCUT2D eigenvalue weighted by Gasteiger charge is 2.11. The lowest BCUT2D eigenvalue weighted by Gasteiger charge is -2.26. The van der Waals surface area contributed by atoms with Crippen molar-refractivity contribution in [3.8, 4) is 0 Å². The van der Waals surface area contributed by atoms with Gasteiger partial charge in [-0.25, -0.2) is 0 Å². The first-order valence-electron chi connectivity index (χ1n) is 3.65. The molecule has 0 heterocycles. The average Bonchev–Trinajstić information content (AvgIpc) is 2.05. The lowest BCUT2D eigenvalue weighted by molar-refractivity contribution is 0.297. The molecule has 0 amide bonds. The second kappa shape index (κ2) is 4.85. The van der Waals surface area contributed by atoms with Gasteiger partial charge in [-0.2, -0.15) is 0 Å². The smallest absolute Gasteiger partial charge is 0.0628 e. The summed E-state index contributed by atoms with van der Waals surface area (Å²) in [6.45, 7) is 9.36. The van der Waals surface area contributed by atoms with Crippen molar-refractivity contribution in [3.63, 3.8) is 0 Å². The van der Waals surface area contributed by atoms with Gasteiger partial charge in [0.1, 0.15) is 0 Å². The van der Waals surface area contributed by atoms with Crippen LogP contribution < -0.4 is 0 Å². The van der Waals surface area contributed by atoms with Gasteiger partial charge in [0, 0.05) is 12.3 Å². The highest BCUT2D eigenvalue weighted by molar-refractivity contribution is 5.63. The molecule has 0 aliphatic rings. The fourth-order valence-corrected chi connectivity index (χ4v) is 0.790. The molecule has 11 heavy (non-hydrogen) atoms. The van der Waals surface area contributed by atoms with Gasteiger partial charge in [0.15, 0.2) is 0 Å². The van der Waals surface area contributed by atoms with Gasteiger partial charge < -0.3 is 5.41 Å². The molecule has 2 atom stereocenters. The van der Waals surface area contributed by atoms with E-state index in [1.54, 1.807) is 6.08 Å². The SMILES string of the molecule is C=CC(C)N(C)C(C=C)C=N. The third-order valence-electron chi connectivity index (χ3n) is 1.87. The molecule has 0 spiro atoms. The van der Waals surface area contributed by atoms with Crippen molar-refractivity contribution in [2.45, 2.75) is 19.0 Å². The van der Waals surface area contributed by atoms with E-state index in [0.717, 1.165) is 0 Å². The minimum Gasteiger partial charge on any atom is -0.311 e. The number of nitrogens with zero attached hydrogens (tertiary/aromatic N) is 1. The molecule has 0 aromatic rings. The van der Waals surface area contributed by atoms with Gasteiger partial charge in [0.05, 0.1) is 6.04 Å².